The van der Waals surface area contributed by atoms with E-state index in [0.29, 0.717) is 6.10 Å². The molecule has 0 amide bonds. The first-order valence-electron chi connectivity index (χ1n) is 7.83. The van der Waals surface area contributed by atoms with Crippen molar-refractivity contribution in [3.8, 4) is 0 Å². The Bertz CT molecular complexity index is 257. The molecule has 0 radical (unpaired) electrons. The van der Waals surface area contributed by atoms with Gasteiger partial charge in [0.2, 0.25) is 0 Å². The maximum Gasteiger partial charge on any atom is 0.0707 e. The van der Waals surface area contributed by atoms with Gasteiger partial charge in [0.15, 0.2) is 0 Å². The highest BCUT2D eigenvalue weighted by molar-refractivity contribution is 4.91. The Balaban J connectivity index is 1.39. The summed E-state index contributed by atoms with van der Waals surface area (Å²) in [6, 6.07) is 0. The van der Waals surface area contributed by atoms with Gasteiger partial charge >= 0.3 is 0 Å². The van der Waals surface area contributed by atoms with Gasteiger partial charge in [-0.2, -0.15) is 0 Å². The maximum atomic E-state index is 6.12. The summed E-state index contributed by atoms with van der Waals surface area (Å²) in [5.74, 6) is 0.852. The lowest BCUT2D eigenvalue weighted by molar-refractivity contribution is -0.131. The minimum absolute atomic E-state index is 0.206. The van der Waals surface area contributed by atoms with Crippen LogP contribution >= 0.6 is 0 Å². The van der Waals surface area contributed by atoms with Crippen molar-refractivity contribution in [2.75, 3.05) is 26.3 Å². The lowest BCUT2D eigenvalue weighted by Gasteiger charge is -2.38. The molecule has 0 bridgehead atoms. The Hall–Kier alpha value is -0.120. The fraction of sp³-hybridized carbons (Fsp3) is 1.00. The molecule has 3 fully saturated rings. The molecule has 1 N–H and O–H groups in total. The third kappa shape index (κ3) is 3.06. The zero-order valence-electron chi connectivity index (χ0n) is 11.5. The van der Waals surface area contributed by atoms with E-state index in [1.54, 1.807) is 0 Å². The van der Waals surface area contributed by atoms with Gasteiger partial charge in [0.05, 0.1) is 11.7 Å². The monoisotopic (exact) mass is 253 g/mol. The summed E-state index contributed by atoms with van der Waals surface area (Å²) in [5, 5.41) is 3.42. The molecular weight excluding hydrogens is 226 g/mol. The van der Waals surface area contributed by atoms with Crippen LogP contribution in [0.1, 0.15) is 51.4 Å². The molecule has 2 aliphatic heterocycles. The van der Waals surface area contributed by atoms with Crippen molar-refractivity contribution in [2.45, 2.75) is 63.1 Å². The molecule has 3 rings (SSSR count). The second-order valence-electron chi connectivity index (χ2n) is 6.37. The first kappa shape index (κ1) is 12.9. The Kier molecular flexibility index (Phi) is 4.22. The van der Waals surface area contributed by atoms with Crippen molar-refractivity contribution < 1.29 is 9.47 Å². The predicted octanol–water partition coefficient (Wildman–Crippen LogP) is 2.49. The van der Waals surface area contributed by atoms with Crippen LogP contribution in [-0.4, -0.2) is 38.0 Å². The van der Waals surface area contributed by atoms with Gasteiger partial charge in [-0.25, -0.2) is 0 Å². The zero-order chi connectivity index (χ0) is 12.3. The fourth-order valence-corrected chi connectivity index (χ4v) is 3.86. The summed E-state index contributed by atoms with van der Waals surface area (Å²) in [6.07, 6.45) is 10.5. The van der Waals surface area contributed by atoms with E-state index in [1.165, 1.54) is 51.6 Å². The molecule has 1 aliphatic carbocycles. The second kappa shape index (κ2) is 5.89. The van der Waals surface area contributed by atoms with Gasteiger partial charge in [-0.1, -0.05) is 12.8 Å². The van der Waals surface area contributed by atoms with Gasteiger partial charge in [0.1, 0.15) is 0 Å². The van der Waals surface area contributed by atoms with Crippen LogP contribution in [-0.2, 0) is 9.47 Å². The van der Waals surface area contributed by atoms with Gasteiger partial charge < -0.3 is 14.8 Å². The molecule has 2 unspecified atom stereocenters. The third-order valence-corrected chi connectivity index (χ3v) is 5.00. The van der Waals surface area contributed by atoms with Crippen LogP contribution in [0.4, 0.5) is 0 Å². The standard InChI is InChI=1S/C15H27NO2/c1-2-7-15(6-1)11-14(5-10-18-15)17-9-4-13-3-8-16-12-13/h13-14,16H,1-12H2. The predicted molar refractivity (Wildman–Crippen MR) is 71.7 cm³/mol. The van der Waals surface area contributed by atoms with E-state index in [2.05, 4.69) is 5.32 Å². The van der Waals surface area contributed by atoms with E-state index in [-0.39, 0.29) is 5.60 Å². The molecule has 0 aromatic carbocycles. The molecule has 1 spiro atoms. The number of hydrogen-bond donors (Lipinski definition) is 1. The van der Waals surface area contributed by atoms with Crippen molar-refractivity contribution in [3.05, 3.63) is 0 Å². The van der Waals surface area contributed by atoms with Gasteiger partial charge in [-0.05, 0) is 51.1 Å². The lowest BCUT2D eigenvalue weighted by atomic mass is 9.90. The van der Waals surface area contributed by atoms with Gasteiger partial charge in [0.25, 0.3) is 0 Å². The minimum atomic E-state index is 0.206. The fourth-order valence-electron chi connectivity index (χ4n) is 3.86. The molecule has 1 saturated carbocycles. The molecule has 18 heavy (non-hydrogen) atoms. The Morgan fingerprint density at radius 2 is 2.11 bits per heavy atom. The van der Waals surface area contributed by atoms with Crippen molar-refractivity contribution in [1.29, 1.82) is 0 Å². The molecule has 3 nitrogen and oxygen atoms in total. The molecule has 2 atom stereocenters. The number of hydrogen-bond acceptors (Lipinski definition) is 3. The first-order valence-corrected chi connectivity index (χ1v) is 7.83. The minimum Gasteiger partial charge on any atom is -0.378 e. The van der Waals surface area contributed by atoms with Gasteiger partial charge in [-0.3, -0.25) is 0 Å². The molecule has 2 saturated heterocycles. The average Bonchev–Trinajstić information content (AvgIpc) is 3.02. The largest absolute Gasteiger partial charge is 0.378 e. The molecular formula is C15H27NO2. The van der Waals surface area contributed by atoms with Crippen molar-refractivity contribution >= 4 is 0 Å². The normalized spacial score (nSPS) is 35.3. The Labute approximate surface area is 111 Å². The third-order valence-electron chi connectivity index (χ3n) is 5.00. The van der Waals surface area contributed by atoms with Gasteiger partial charge in [-0.15, -0.1) is 0 Å². The van der Waals surface area contributed by atoms with Crippen LogP contribution in [0.5, 0.6) is 0 Å². The summed E-state index contributed by atoms with van der Waals surface area (Å²) >= 11 is 0. The Morgan fingerprint density at radius 3 is 2.89 bits per heavy atom. The molecule has 0 aromatic heterocycles. The van der Waals surface area contributed by atoms with E-state index >= 15 is 0 Å². The lowest BCUT2D eigenvalue weighted by Crippen LogP contribution is -2.40. The highest BCUT2D eigenvalue weighted by Crippen LogP contribution is 2.40. The van der Waals surface area contributed by atoms with Crippen LogP contribution in [0.25, 0.3) is 0 Å². The molecule has 2 heterocycles. The summed E-state index contributed by atoms with van der Waals surface area (Å²) in [7, 11) is 0. The summed E-state index contributed by atoms with van der Waals surface area (Å²) < 4.78 is 12.2. The van der Waals surface area contributed by atoms with E-state index in [1.807, 2.05) is 0 Å². The van der Waals surface area contributed by atoms with Crippen LogP contribution in [0, 0.1) is 5.92 Å². The topological polar surface area (TPSA) is 30.5 Å². The van der Waals surface area contributed by atoms with Crippen molar-refractivity contribution in [3.63, 3.8) is 0 Å². The molecule has 104 valence electrons. The first-order chi connectivity index (χ1) is 8.86. The highest BCUT2D eigenvalue weighted by Gasteiger charge is 2.40. The molecule has 0 aromatic rings. The quantitative estimate of drug-likeness (QED) is 0.835. The Morgan fingerprint density at radius 1 is 1.22 bits per heavy atom. The zero-order valence-corrected chi connectivity index (χ0v) is 11.5. The summed E-state index contributed by atoms with van der Waals surface area (Å²) in [6.45, 7) is 4.26. The van der Waals surface area contributed by atoms with E-state index in [4.69, 9.17) is 9.47 Å². The average molecular weight is 253 g/mol. The molecule has 3 aliphatic rings. The van der Waals surface area contributed by atoms with Crippen LogP contribution in [0.15, 0.2) is 0 Å². The smallest absolute Gasteiger partial charge is 0.0707 e. The van der Waals surface area contributed by atoms with E-state index in [0.717, 1.165) is 32.0 Å². The summed E-state index contributed by atoms with van der Waals surface area (Å²) in [4.78, 5) is 0. The molecule has 3 heteroatoms. The maximum absolute atomic E-state index is 6.12. The SMILES string of the molecule is C1CCC2(C1)CC(OCCC1CCNC1)CCO2. The number of nitrogens with one attached hydrogen (secondary N) is 1. The summed E-state index contributed by atoms with van der Waals surface area (Å²) in [5.41, 5.74) is 0.206. The van der Waals surface area contributed by atoms with Gasteiger partial charge in [0, 0.05) is 19.6 Å². The van der Waals surface area contributed by atoms with E-state index < -0.39 is 0 Å². The van der Waals surface area contributed by atoms with E-state index in [9.17, 15) is 0 Å². The number of ether oxygens (including phenoxy) is 2. The van der Waals surface area contributed by atoms with Crippen molar-refractivity contribution in [2.24, 2.45) is 5.92 Å². The van der Waals surface area contributed by atoms with Crippen LogP contribution in [0.2, 0.25) is 0 Å². The highest BCUT2D eigenvalue weighted by atomic mass is 16.5. The van der Waals surface area contributed by atoms with Crippen LogP contribution < -0.4 is 5.32 Å². The second-order valence-corrected chi connectivity index (χ2v) is 6.37. The van der Waals surface area contributed by atoms with Crippen molar-refractivity contribution in [1.82, 2.24) is 5.32 Å². The van der Waals surface area contributed by atoms with Crippen LogP contribution in [0.3, 0.4) is 0 Å². The number of rotatable bonds is 4.